The van der Waals surface area contributed by atoms with Gasteiger partial charge < -0.3 is 18.8 Å². The molecule has 0 bridgehead atoms. The van der Waals surface area contributed by atoms with Gasteiger partial charge in [-0.05, 0) is 25.7 Å². The summed E-state index contributed by atoms with van der Waals surface area (Å²) in [6.07, 6.45) is 8.70. The van der Waals surface area contributed by atoms with Crippen molar-refractivity contribution in [3.8, 4) is 5.75 Å². The smallest absolute Gasteiger partial charge is 0.324 e. The largest absolute Gasteiger partial charge is 0.497 e. The molecule has 1 aromatic rings. The van der Waals surface area contributed by atoms with Gasteiger partial charge in [0.2, 0.25) is 0 Å². The van der Waals surface area contributed by atoms with E-state index in [1.165, 1.54) is 86.8 Å². The maximum Gasteiger partial charge on any atom is 0.324 e. The Kier molecular flexibility index (Phi) is 10.3. The molecule has 2 saturated heterocycles. The number of phenols is 1. The molecule has 1 aromatic carbocycles. The van der Waals surface area contributed by atoms with E-state index in [9.17, 15) is 30.3 Å². The van der Waals surface area contributed by atoms with Gasteiger partial charge in [-0.25, -0.2) is 0 Å². The number of aromatic hydroxyl groups is 1. The molecule has 196 valence electrons. The number of quaternary nitrogens is 2. The molecule has 0 aliphatic carbocycles. The first-order chi connectivity index (χ1) is 16.5. The molecular formula is C22H37N5O8+2. The van der Waals surface area contributed by atoms with Crippen molar-refractivity contribution in [2.24, 2.45) is 0 Å². The van der Waals surface area contributed by atoms with E-state index in [1.54, 1.807) is 0 Å². The molecule has 0 aromatic heterocycles. The maximum absolute atomic E-state index is 10.4. The van der Waals surface area contributed by atoms with Gasteiger partial charge in [-0.1, -0.05) is 12.8 Å². The van der Waals surface area contributed by atoms with Gasteiger partial charge in [0.05, 0.1) is 67.3 Å². The number of benzene rings is 1. The van der Waals surface area contributed by atoms with Crippen LogP contribution in [-0.2, 0) is 4.74 Å². The number of nitro groups is 3. The van der Waals surface area contributed by atoms with Crippen molar-refractivity contribution in [3.63, 3.8) is 0 Å². The molecule has 35 heavy (non-hydrogen) atoms. The van der Waals surface area contributed by atoms with E-state index in [0.29, 0.717) is 12.1 Å². The number of phenolic OH excluding ortho intramolecular Hbond substituents is 1. The summed E-state index contributed by atoms with van der Waals surface area (Å²) in [5.41, 5.74) is -3.00. The molecule has 0 unspecified atom stereocenters. The van der Waals surface area contributed by atoms with Crippen LogP contribution in [0, 0.1) is 30.3 Å². The van der Waals surface area contributed by atoms with Crippen LogP contribution in [-0.4, -0.2) is 95.4 Å². The lowest BCUT2D eigenvalue weighted by Gasteiger charge is -2.41. The van der Waals surface area contributed by atoms with Crippen LogP contribution in [0.1, 0.15) is 38.5 Å². The van der Waals surface area contributed by atoms with Crippen molar-refractivity contribution >= 4 is 17.1 Å². The zero-order chi connectivity index (χ0) is 26.1. The number of ether oxygens (including phenoxy) is 1. The maximum atomic E-state index is 10.4. The number of morpholine rings is 1. The van der Waals surface area contributed by atoms with Gasteiger partial charge in [-0.15, -0.1) is 0 Å². The molecule has 2 heterocycles. The Morgan fingerprint density at radius 2 is 1.14 bits per heavy atom. The zero-order valence-corrected chi connectivity index (χ0v) is 20.6. The molecule has 0 atom stereocenters. The first kappa shape index (κ1) is 28.3. The number of likely N-dealkylation sites (N-methyl/N-ethyl adjacent to an activating group) is 2. The molecular weight excluding hydrogens is 462 g/mol. The molecule has 0 amide bonds. The molecule has 2 aliphatic heterocycles. The highest BCUT2D eigenvalue weighted by Gasteiger charge is 2.31. The lowest BCUT2D eigenvalue weighted by Crippen LogP contribution is -2.58. The molecule has 0 spiro atoms. The topological polar surface area (TPSA) is 159 Å². The summed E-state index contributed by atoms with van der Waals surface area (Å²) < 4.78 is 8.06. The van der Waals surface area contributed by atoms with Gasteiger partial charge in [0.25, 0.3) is 11.4 Å². The average Bonchev–Trinajstić information content (AvgIpc) is 2.91. The van der Waals surface area contributed by atoms with E-state index in [-0.39, 0.29) is 0 Å². The summed E-state index contributed by atoms with van der Waals surface area (Å²) in [4.78, 5) is 27.8. The second kappa shape index (κ2) is 12.7. The number of rotatable bonds is 6. The summed E-state index contributed by atoms with van der Waals surface area (Å²) >= 11 is 0. The second-order valence-electron chi connectivity index (χ2n) is 9.92. The summed E-state index contributed by atoms with van der Waals surface area (Å²) in [5, 5.41) is 40.2. The Balaban J connectivity index is 0.000000251. The van der Waals surface area contributed by atoms with Crippen LogP contribution >= 0.6 is 0 Å². The Morgan fingerprint density at radius 3 is 1.54 bits per heavy atom. The standard InChI is InChI=1S/C16H34N2O.C6H3N3O7/c1-17(9-7-5-3-4-6-8-10-17)11-12-18(2)13-15-19-16-14-18;10-6-4(8(13)14)1-3(7(11)12)2-5(6)9(15)16/h3-16H2,1-2H3;1-2,10H/q+2;. The minimum Gasteiger partial charge on any atom is -0.497 e. The van der Waals surface area contributed by atoms with Crippen molar-refractivity contribution < 1.29 is 33.6 Å². The third-order valence-corrected chi connectivity index (χ3v) is 7.04. The van der Waals surface area contributed by atoms with E-state index >= 15 is 0 Å². The van der Waals surface area contributed by atoms with Gasteiger partial charge in [0.1, 0.15) is 26.2 Å². The van der Waals surface area contributed by atoms with Gasteiger partial charge in [0.15, 0.2) is 0 Å². The van der Waals surface area contributed by atoms with Gasteiger partial charge in [0, 0.05) is 0 Å². The molecule has 2 aliphatic rings. The molecule has 3 rings (SSSR count). The van der Waals surface area contributed by atoms with Crippen molar-refractivity contribution in [1.29, 1.82) is 0 Å². The van der Waals surface area contributed by atoms with Gasteiger partial charge in [-0.3, -0.25) is 30.3 Å². The predicted octanol–water partition coefficient (Wildman–Crippen LogP) is 3.38. The van der Waals surface area contributed by atoms with Crippen LogP contribution < -0.4 is 0 Å². The van der Waals surface area contributed by atoms with E-state index in [0.717, 1.165) is 13.2 Å². The number of non-ortho nitro benzene ring substituents is 1. The normalized spacial score (nSPS) is 19.7. The van der Waals surface area contributed by atoms with Crippen LogP contribution in [0.2, 0.25) is 0 Å². The van der Waals surface area contributed by atoms with E-state index < -0.39 is 37.6 Å². The Morgan fingerprint density at radius 1 is 0.743 bits per heavy atom. The molecule has 0 saturated carbocycles. The van der Waals surface area contributed by atoms with Crippen molar-refractivity contribution in [2.75, 3.05) is 66.6 Å². The second-order valence-corrected chi connectivity index (χ2v) is 9.92. The highest BCUT2D eigenvalue weighted by molar-refractivity contribution is 5.64. The highest BCUT2D eigenvalue weighted by atomic mass is 16.6. The Hall–Kier alpha value is -2.90. The Labute approximate surface area is 204 Å². The highest BCUT2D eigenvalue weighted by Crippen LogP contribution is 2.38. The van der Waals surface area contributed by atoms with E-state index in [4.69, 9.17) is 9.84 Å². The quantitative estimate of drug-likeness (QED) is 0.354. The van der Waals surface area contributed by atoms with Gasteiger partial charge in [-0.2, -0.15) is 0 Å². The fraction of sp³-hybridized carbons (Fsp3) is 0.727. The fourth-order valence-electron chi connectivity index (χ4n) is 4.49. The number of nitro benzene ring substituents is 3. The van der Waals surface area contributed by atoms with E-state index in [2.05, 4.69) is 14.1 Å². The van der Waals surface area contributed by atoms with Crippen molar-refractivity contribution in [3.05, 3.63) is 42.5 Å². The Bertz CT molecular complexity index is 859. The molecule has 0 radical (unpaired) electrons. The van der Waals surface area contributed by atoms with Crippen LogP contribution in [0.25, 0.3) is 0 Å². The van der Waals surface area contributed by atoms with Crippen molar-refractivity contribution in [1.82, 2.24) is 0 Å². The van der Waals surface area contributed by atoms with Crippen LogP contribution in [0.15, 0.2) is 12.1 Å². The fourth-order valence-corrected chi connectivity index (χ4v) is 4.49. The SMILES string of the molecule is C[N+]1(CC[N+]2(C)CCOCC2)CCCCCCCC1.O=[N+]([O-])c1cc([N+](=O)[O-])c(O)c([N+](=O)[O-])c1. The van der Waals surface area contributed by atoms with Crippen LogP contribution in [0.5, 0.6) is 5.75 Å². The van der Waals surface area contributed by atoms with Crippen LogP contribution in [0.4, 0.5) is 17.1 Å². The zero-order valence-electron chi connectivity index (χ0n) is 20.6. The van der Waals surface area contributed by atoms with E-state index in [1.807, 2.05) is 0 Å². The minimum atomic E-state index is -1.21. The average molecular weight is 500 g/mol. The summed E-state index contributed by atoms with van der Waals surface area (Å²) in [5.74, 6) is -1.21. The van der Waals surface area contributed by atoms with Gasteiger partial charge >= 0.3 is 11.4 Å². The number of hydrogen-bond acceptors (Lipinski definition) is 8. The monoisotopic (exact) mass is 499 g/mol. The third kappa shape index (κ3) is 8.67. The minimum absolute atomic E-state index is 0.447. The third-order valence-electron chi connectivity index (χ3n) is 7.04. The molecule has 1 N–H and O–H groups in total. The predicted molar refractivity (Wildman–Crippen MR) is 128 cm³/mol. The molecule has 13 heteroatoms. The van der Waals surface area contributed by atoms with Crippen molar-refractivity contribution in [2.45, 2.75) is 38.5 Å². The number of nitrogens with zero attached hydrogens (tertiary/aromatic N) is 5. The lowest BCUT2D eigenvalue weighted by atomic mass is 10.1. The first-order valence-corrected chi connectivity index (χ1v) is 12.0. The lowest BCUT2D eigenvalue weighted by molar-refractivity contribution is -0.967. The molecule has 13 nitrogen and oxygen atoms in total. The number of hydrogen-bond donors (Lipinski definition) is 1. The molecule has 2 fully saturated rings. The summed E-state index contributed by atoms with van der Waals surface area (Å²) in [6.45, 7) is 9.82. The summed E-state index contributed by atoms with van der Waals surface area (Å²) in [7, 11) is 4.92. The first-order valence-electron chi connectivity index (χ1n) is 12.0. The van der Waals surface area contributed by atoms with Crippen LogP contribution in [0.3, 0.4) is 0 Å². The summed E-state index contributed by atoms with van der Waals surface area (Å²) in [6, 6.07) is 0.894.